The van der Waals surface area contributed by atoms with Crippen LogP contribution in [-0.2, 0) is 4.79 Å². The molecule has 4 heteroatoms. The van der Waals surface area contributed by atoms with Crippen molar-refractivity contribution < 1.29 is 9.59 Å². The van der Waals surface area contributed by atoms with E-state index in [0.717, 1.165) is 25.9 Å². The number of hydrogen-bond donors (Lipinski definition) is 1. The lowest BCUT2D eigenvalue weighted by Gasteiger charge is -2.20. The summed E-state index contributed by atoms with van der Waals surface area (Å²) in [7, 11) is 0. The van der Waals surface area contributed by atoms with Gasteiger partial charge in [-0.25, -0.2) is 0 Å². The second kappa shape index (κ2) is 8.45. The maximum Gasteiger partial charge on any atom is 0.251 e. The fourth-order valence-corrected chi connectivity index (χ4v) is 2.61. The lowest BCUT2D eigenvalue weighted by molar-refractivity contribution is -0.131. The number of carbonyl (C=O) groups is 2. The standard InChI is InChI=1S/C17H24N2O2/c20-16(19-13-6-1-2-7-14-19)11-8-12-18-17(21)15-9-4-3-5-10-15/h3-5,9-10H,1-2,6-8,11-14H2,(H,18,21). The van der Waals surface area contributed by atoms with Gasteiger partial charge in [-0.2, -0.15) is 0 Å². The minimum atomic E-state index is -0.0715. The molecule has 2 rings (SSSR count). The summed E-state index contributed by atoms with van der Waals surface area (Å²) in [6.45, 7) is 2.34. The Morgan fingerprint density at radius 3 is 2.33 bits per heavy atom. The Morgan fingerprint density at radius 2 is 1.67 bits per heavy atom. The topological polar surface area (TPSA) is 49.4 Å². The predicted molar refractivity (Wildman–Crippen MR) is 83.1 cm³/mol. The quantitative estimate of drug-likeness (QED) is 0.847. The van der Waals surface area contributed by atoms with Crippen molar-refractivity contribution in [1.82, 2.24) is 10.2 Å². The molecule has 0 bridgehead atoms. The van der Waals surface area contributed by atoms with E-state index in [9.17, 15) is 9.59 Å². The molecule has 0 saturated carbocycles. The lowest BCUT2D eigenvalue weighted by Crippen LogP contribution is -2.32. The number of hydrogen-bond acceptors (Lipinski definition) is 2. The van der Waals surface area contributed by atoms with Crippen LogP contribution < -0.4 is 5.32 Å². The maximum absolute atomic E-state index is 12.1. The number of amides is 2. The molecule has 0 atom stereocenters. The normalized spacial score (nSPS) is 15.3. The van der Waals surface area contributed by atoms with E-state index in [0.29, 0.717) is 24.9 Å². The molecular formula is C17H24N2O2. The molecule has 4 nitrogen and oxygen atoms in total. The molecule has 2 amide bonds. The summed E-state index contributed by atoms with van der Waals surface area (Å²) in [6.07, 6.45) is 5.93. The number of nitrogens with zero attached hydrogens (tertiary/aromatic N) is 1. The van der Waals surface area contributed by atoms with Gasteiger partial charge in [0.25, 0.3) is 5.91 Å². The van der Waals surface area contributed by atoms with E-state index in [1.807, 2.05) is 23.1 Å². The molecule has 1 saturated heterocycles. The lowest BCUT2D eigenvalue weighted by atomic mass is 10.2. The van der Waals surface area contributed by atoms with Crippen LogP contribution in [0.25, 0.3) is 0 Å². The number of carbonyl (C=O) groups excluding carboxylic acids is 2. The Morgan fingerprint density at radius 1 is 1.00 bits per heavy atom. The highest BCUT2D eigenvalue weighted by Gasteiger charge is 2.14. The first-order chi connectivity index (χ1) is 10.3. The van der Waals surface area contributed by atoms with E-state index in [4.69, 9.17) is 0 Å². The Balaban J connectivity index is 1.65. The SMILES string of the molecule is O=C(NCCCC(=O)N1CCCCCC1)c1ccccc1. The van der Waals surface area contributed by atoms with Crippen LogP contribution in [0, 0.1) is 0 Å². The molecule has 1 aromatic carbocycles. The number of likely N-dealkylation sites (tertiary alicyclic amines) is 1. The van der Waals surface area contributed by atoms with Crippen LogP contribution in [0.5, 0.6) is 0 Å². The summed E-state index contributed by atoms with van der Waals surface area (Å²) in [5, 5.41) is 2.86. The minimum absolute atomic E-state index is 0.0715. The van der Waals surface area contributed by atoms with Crippen LogP contribution in [-0.4, -0.2) is 36.3 Å². The van der Waals surface area contributed by atoms with E-state index in [1.54, 1.807) is 12.1 Å². The van der Waals surface area contributed by atoms with Gasteiger partial charge in [0, 0.05) is 31.6 Å². The predicted octanol–water partition coefficient (Wildman–Crippen LogP) is 2.60. The van der Waals surface area contributed by atoms with Gasteiger partial charge in [0.2, 0.25) is 5.91 Å². The molecule has 0 aliphatic carbocycles. The van der Waals surface area contributed by atoms with Crippen molar-refractivity contribution in [2.75, 3.05) is 19.6 Å². The molecule has 1 fully saturated rings. The third-order valence-electron chi connectivity index (χ3n) is 3.85. The molecule has 0 unspecified atom stereocenters. The molecule has 1 aliphatic rings. The maximum atomic E-state index is 12.1. The summed E-state index contributed by atoms with van der Waals surface area (Å²) in [6, 6.07) is 9.15. The van der Waals surface area contributed by atoms with E-state index >= 15 is 0 Å². The highest BCUT2D eigenvalue weighted by molar-refractivity contribution is 5.94. The fraction of sp³-hybridized carbons (Fsp3) is 0.529. The monoisotopic (exact) mass is 288 g/mol. The van der Waals surface area contributed by atoms with Crippen molar-refractivity contribution >= 4 is 11.8 Å². The van der Waals surface area contributed by atoms with Gasteiger partial charge in [-0.3, -0.25) is 9.59 Å². The first kappa shape index (κ1) is 15.5. The van der Waals surface area contributed by atoms with Gasteiger partial charge in [-0.15, -0.1) is 0 Å². The van der Waals surface area contributed by atoms with Crippen LogP contribution in [0.1, 0.15) is 48.9 Å². The number of benzene rings is 1. The minimum Gasteiger partial charge on any atom is -0.352 e. The van der Waals surface area contributed by atoms with E-state index < -0.39 is 0 Å². The molecule has 21 heavy (non-hydrogen) atoms. The van der Waals surface area contributed by atoms with Crippen molar-refractivity contribution in [3.63, 3.8) is 0 Å². The van der Waals surface area contributed by atoms with Gasteiger partial charge < -0.3 is 10.2 Å². The van der Waals surface area contributed by atoms with Gasteiger partial charge in [0.1, 0.15) is 0 Å². The highest BCUT2D eigenvalue weighted by atomic mass is 16.2. The molecule has 1 heterocycles. The summed E-state index contributed by atoms with van der Waals surface area (Å²) in [5.41, 5.74) is 0.663. The summed E-state index contributed by atoms with van der Waals surface area (Å²) < 4.78 is 0. The molecule has 0 radical (unpaired) electrons. The van der Waals surface area contributed by atoms with Gasteiger partial charge >= 0.3 is 0 Å². The summed E-state index contributed by atoms with van der Waals surface area (Å²) >= 11 is 0. The number of rotatable bonds is 5. The van der Waals surface area contributed by atoms with E-state index in [-0.39, 0.29) is 11.8 Å². The third-order valence-corrected chi connectivity index (χ3v) is 3.85. The van der Waals surface area contributed by atoms with Gasteiger partial charge in [-0.1, -0.05) is 31.0 Å². The van der Waals surface area contributed by atoms with Gasteiger partial charge in [-0.05, 0) is 31.4 Å². The zero-order chi connectivity index (χ0) is 14.9. The van der Waals surface area contributed by atoms with Crippen molar-refractivity contribution in [2.45, 2.75) is 38.5 Å². The Bertz CT molecular complexity index is 451. The smallest absolute Gasteiger partial charge is 0.251 e. The third kappa shape index (κ3) is 5.21. The first-order valence-electron chi connectivity index (χ1n) is 7.88. The average molecular weight is 288 g/mol. The van der Waals surface area contributed by atoms with Crippen molar-refractivity contribution in [2.24, 2.45) is 0 Å². The second-order valence-corrected chi connectivity index (χ2v) is 5.52. The molecule has 1 aliphatic heterocycles. The van der Waals surface area contributed by atoms with Crippen LogP contribution in [0.2, 0.25) is 0 Å². The molecule has 0 spiro atoms. The second-order valence-electron chi connectivity index (χ2n) is 5.52. The van der Waals surface area contributed by atoms with E-state index in [1.165, 1.54) is 12.8 Å². The fourth-order valence-electron chi connectivity index (χ4n) is 2.61. The summed E-state index contributed by atoms with van der Waals surface area (Å²) in [5.74, 6) is 0.156. The average Bonchev–Trinajstić information content (AvgIpc) is 2.81. The van der Waals surface area contributed by atoms with Crippen molar-refractivity contribution in [3.8, 4) is 0 Å². The molecular weight excluding hydrogens is 264 g/mol. The first-order valence-corrected chi connectivity index (χ1v) is 7.88. The van der Waals surface area contributed by atoms with E-state index in [2.05, 4.69) is 5.32 Å². The Hall–Kier alpha value is -1.84. The highest BCUT2D eigenvalue weighted by Crippen LogP contribution is 2.11. The van der Waals surface area contributed by atoms with Crippen LogP contribution >= 0.6 is 0 Å². The Kier molecular flexibility index (Phi) is 6.25. The molecule has 1 N–H and O–H groups in total. The zero-order valence-corrected chi connectivity index (χ0v) is 12.5. The van der Waals surface area contributed by atoms with Crippen molar-refractivity contribution in [3.05, 3.63) is 35.9 Å². The molecule has 1 aromatic rings. The largest absolute Gasteiger partial charge is 0.352 e. The molecule has 0 aromatic heterocycles. The van der Waals surface area contributed by atoms with Crippen LogP contribution in [0.3, 0.4) is 0 Å². The molecule has 114 valence electrons. The zero-order valence-electron chi connectivity index (χ0n) is 12.5. The number of nitrogens with one attached hydrogen (secondary N) is 1. The van der Waals surface area contributed by atoms with Crippen LogP contribution in [0.4, 0.5) is 0 Å². The summed E-state index contributed by atoms with van der Waals surface area (Å²) in [4.78, 5) is 25.9. The van der Waals surface area contributed by atoms with Crippen molar-refractivity contribution in [1.29, 1.82) is 0 Å². The van der Waals surface area contributed by atoms with Crippen LogP contribution in [0.15, 0.2) is 30.3 Å². The van der Waals surface area contributed by atoms with Gasteiger partial charge in [0.15, 0.2) is 0 Å². The Labute approximate surface area is 126 Å². The van der Waals surface area contributed by atoms with Gasteiger partial charge in [0.05, 0.1) is 0 Å².